The lowest BCUT2D eigenvalue weighted by Gasteiger charge is -2.43. The largest absolute Gasteiger partial charge is 0.314 e. The molecule has 0 aromatic heterocycles. The molecule has 1 aliphatic rings. The first-order chi connectivity index (χ1) is 9.39. The van der Waals surface area contributed by atoms with Crippen LogP contribution < -0.4 is 5.32 Å². The average Bonchev–Trinajstić information content (AvgIpc) is 2.38. The van der Waals surface area contributed by atoms with Crippen molar-refractivity contribution in [2.45, 2.75) is 65.5 Å². The Kier molecular flexibility index (Phi) is 7.92. The monoisotopic (exact) mass is 300 g/mol. The number of hydrogen-bond acceptors (Lipinski definition) is 3. The summed E-state index contributed by atoms with van der Waals surface area (Å²) < 4.78 is 0. The summed E-state index contributed by atoms with van der Waals surface area (Å²) in [5, 5.41) is 3.73. The van der Waals surface area contributed by atoms with E-state index in [2.05, 4.69) is 51.2 Å². The molecule has 1 fully saturated rings. The molecule has 3 heteroatoms. The lowest BCUT2D eigenvalue weighted by molar-refractivity contribution is 0.0967. The molecular formula is C17H36N2S. The smallest absolute Gasteiger partial charge is 0.0108 e. The summed E-state index contributed by atoms with van der Waals surface area (Å²) in [6, 6.07) is 1.43. The van der Waals surface area contributed by atoms with Crippen molar-refractivity contribution in [3.05, 3.63) is 0 Å². The van der Waals surface area contributed by atoms with E-state index in [9.17, 15) is 0 Å². The van der Waals surface area contributed by atoms with Crippen LogP contribution in [-0.2, 0) is 0 Å². The van der Waals surface area contributed by atoms with Gasteiger partial charge in [-0.25, -0.2) is 0 Å². The summed E-state index contributed by atoms with van der Waals surface area (Å²) in [4.78, 5) is 2.59. The molecule has 0 aromatic rings. The molecule has 3 unspecified atom stereocenters. The van der Waals surface area contributed by atoms with E-state index < -0.39 is 0 Å². The molecule has 1 N–H and O–H groups in total. The van der Waals surface area contributed by atoms with Gasteiger partial charge < -0.3 is 10.2 Å². The number of nitrogens with zero attached hydrogens (tertiary/aromatic N) is 1. The molecule has 120 valence electrons. The van der Waals surface area contributed by atoms with E-state index in [4.69, 9.17) is 0 Å². The van der Waals surface area contributed by atoms with Gasteiger partial charge in [0.1, 0.15) is 0 Å². The molecule has 1 aliphatic carbocycles. The molecule has 0 saturated heterocycles. The molecule has 0 aromatic carbocycles. The van der Waals surface area contributed by atoms with Gasteiger partial charge in [-0.15, -0.1) is 0 Å². The Morgan fingerprint density at radius 1 is 1.40 bits per heavy atom. The molecule has 0 bridgehead atoms. The van der Waals surface area contributed by atoms with E-state index in [0.717, 1.165) is 18.5 Å². The quantitative estimate of drug-likeness (QED) is 0.732. The minimum Gasteiger partial charge on any atom is -0.314 e. The van der Waals surface area contributed by atoms with Gasteiger partial charge in [0, 0.05) is 18.6 Å². The second-order valence-corrected chi connectivity index (χ2v) is 8.39. The Morgan fingerprint density at radius 2 is 2.10 bits per heavy atom. The summed E-state index contributed by atoms with van der Waals surface area (Å²) >= 11 is 1.96. The van der Waals surface area contributed by atoms with Gasteiger partial charge in [-0.1, -0.05) is 20.8 Å². The standard InChI is InChI=1S/C17H36N2S/c1-7-18-16-8-10-17(3,4)12-15(16)13-19(5)14(2)9-11-20-6/h14-16,18H,7-13H2,1-6H3. The van der Waals surface area contributed by atoms with E-state index in [0.29, 0.717) is 11.5 Å². The van der Waals surface area contributed by atoms with E-state index in [1.165, 1.54) is 38.0 Å². The maximum atomic E-state index is 3.73. The molecule has 0 heterocycles. The van der Waals surface area contributed by atoms with E-state index >= 15 is 0 Å². The van der Waals surface area contributed by atoms with Gasteiger partial charge in [0.15, 0.2) is 0 Å². The van der Waals surface area contributed by atoms with Gasteiger partial charge >= 0.3 is 0 Å². The zero-order valence-corrected chi connectivity index (χ0v) is 15.4. The molecule has 0 radical (unpaired) electrons. The van der Waals surface area contributed by atoms with Crippen molar-refractivity contribution < 1.29 is 0 Å². The molecule has 2 nitrogen and oxygen atoms in total. The van der Waals surface area contributed by atoms with Crippen LogP contribution in [0.25, 0.3) is 0 Å². The normalized spacial score (nSPS) is 27.8. The first-order valence-corrected chi connectivity index (χ1v) is 9.71. The van der Waals surface area contributed by atoms with Crippen molar-refractivity contribution in [2.24, 2.45) is 11.3 Å². The third-order valence-corrected chi connectivity index (χ3v) is 5.64. The first-order valence-electron chi connectivity index (χ1n) is 8.32. The third kappa shape index (κ3) is 5.95. The SMILES string of the molecule is CCNC1CCC(C)(C)CC1CN(C)C(C)CCSC. The fraction of sp³-hybridized carbons (Fsp3) is 1.00. The van der Waals surface area contributed by atoms with Gasteiger partial charge in [0.05, 0.1) is 0 Å². The van der Waals surface area contributed by atoms with Crippen molar-refractivity contribution in [1.82, 2.24) is 10.2 Å². The highest BCUT2D eigenvalue weighted by Crippen LogP contribution is 2.39. The van der Waals surface area contributed by atoms with E-state index in [1.807, 2.05) is 11.8 Å². The number of thioether (sulfide) groups is 1. The van der Waals surface area contributed by atoms with Gasteiger partial charge in [-0.2, -0.15) is 11.8 Å². The fourth-order valence-corrected chi connectivity index (χ4v) is 4.09. The van der Waals surface area contributed by atoms with Crippen LogP contribution >= 0.6 is 11.8 Å². The summed E-state index contributed by atoms with van der Waals surface area (Å²) in [5.74, 6) is 2.08. The van der Waals surface area contributed by atoms with E-state index in [-0.39, 0.29) is 0 Å². The summed E-state index contributed by atoms with van der Waals surface area (Å²) in [5.41, 5.74) is 0.528. The topological polar surface area (TPSA) is 15.3 Å². The van der Waals surface area contributed by atoms with Crippen molar-refractivity contribution >= 4 is 11.8 Å². The second-order valence-electron chi connectivity index (χ2n) is 7.40. The highest BCUT2D eigenvalue weighted by Gasteiger charge is 2.35. The van der Waals surface area contributed by atoms with Gasteiger partial charge in [-0.3, -0.25) is 0 Å². The predicted molar refractivity (Wildman–Crippen MR) is 93.7 cm³/mol. The van der Waals surface area contributed by atoms with Crippen molar-refractivity contribution in [3.8, 4) is 0 Å². The number of nitrogens with one attached hydrogen (secondary N) is 1. The lowest BCUT2D eigenvalue weighted by Crippen LogP contribution is -2.48. The van der Waals surface area contributed by atoms with Gasteiger partial charge in [0.25, 0.3) is 0 Å². The molecule has 1 rings (SSSR count). The predicted octanol–water partition coefficient (Wildman–Crippen LogP) is 3.86. The molecular weight excluding hydrogens is 264 g/mol. The zero-order chi connectivity index (χ0) is 15.2. The van der Waals surface area contributed by atoms with Crippen molar-refractivity contribution in [2.75, 3.05) is 32.1 Å². The van der Waals surface area contributed by atoms with Crippen molar-refractivity contribution in [1.29, 1.82) is 0 Å². The minimum absolute atomic E-state index is 0.528. The minimum atomic E-state index is 0.528. The Labute approximate surface area is 131 Å². The van der Waals surface area contributed by atoms with Crippen LogP contribution in [0, 0.1) is 11.3 Å². The maximum Gasteiger partial charge on any atom is 0.0108 e. The Balaban J connectivity index is 2.55. The first kappa shape index (κ1) is 18.3. The van der Waals surface area contributed by atoms with Crippen molar-refractivity contribution in [3.63, 3.8) is 0 Å². The molecule has 0 amide bonds. The Hall–Kier alpha value is 0.270. The van der Waals surface area contributed by atoms with Crippen LogP contribution in [0.3, 0.4) is 0 Å². The second kappa shape index (κ2) is 8.65. The van der Waals surface area contributed by atoms with E-state index in [1.54, 1.807) is 0 Å². The molecule has 3 atom stereocenters. The van der Waals surface area contributed by atoms with Crippen LogP contribution in [0.5, 0.6) is 0 Å². The fourth-order valence-electron chi connectivity index (χ4n) is 3.52. The third-order valence-electron chi connectivity index (χ3n) is 5.00. The summed E-state index contributed by atoms with van der Waals surface area (Å²) in [6.07, 6.45) is 7.59. The Bertz CT molecular complexity index is 268. The van der Waals surface area contributed by atoms with Crippen LogP contribution in [-0.4, -0.2) is 49.1 Å². The lowest BCUT2D eigenvalue weighted by atomic mass is 9.69. The number of hydrogen-bond donors (Lipinski definition) is 1. The molecule has 0 aliphatic heterocycles. The Morgan fingerprint density at radius 3 is 2.70 bits per heavy atom. The van der Waals surface area contributed by atoms with Gasteiger partial charge in [-0.05, 0) is 69.5 Å². The molecule has 20 heavy (non-hydrogen) atoms. The number of rotatable bonds is 8. The van der Waals surface area contributed by atoms with Crippen LogP contribution in [0.15, 0.2) is 0 Å². The van der Waals surface area contributed by atoms with Crippen LogP contribution in [0.2, 0.25) is 0 Å². The summed E-state index contributed by atoms with van der Waals surface area (Å²) in [7, 11) is 2.32. The summed E-state index contributed by atoms with van der Waals surface area (Å²) in [6.45, 7) is 11.9. The molecule has 0 spiro atoms. The zero-order valence-electron chi connectivity index (χ0n) is 14.5. The van der Waals surface area contributed by atoms with Crippen LogP contribution in [0.4, 0.5) is 0 Å². The average molecular weight is 301 g/mol. The van der Waals surface area contributed by atoms with Crippen LogP contribution in [0.1, 0.15) is 53.4 Å². The van der Waals surface area contributed by atoms with Gasteiger partial charge in [0.2, 0.25) is 0 Å². The highest BCUT2D eigenvalue weighted by molar-refractivity contribution is 7.98. The highest BCUT2D eigenvalue weighted by atomic mass is 32.2. The maximum absolute atomic E-state index is 3.73. The molecule has 1 saturated carbocycles.